The number of piperidine rings is 1. The van der Waals surface area contributed by atoms with Crippen LogP contribution in [0.3, 0.4) is 0 Å². The molecule has 1 fully saturated rings. The van der Waals surface area contributed by atoms with Gasteiger partial charge in [0, 0.05) is 25.3 Å². The molecular formula is C16H20ClFN4O. The van der Waals surface area contributed by atoms with Gasteiger partial charge < -0.3 is 10.2 Å². The first kappa shape index (κ1) is 17.4. The van der Waals surface area contributed by atoms with Crippen LogP contribution in [0.4, 0.5) is 4.39 Å². The minimum atomic E-state index is -0.363. The number of carbonyl (C=O) groups is 1. The SMILES string of the molecule is CNC1CCCN(C(=O)c2ccn(-c3ccccc3F)n2)C1.Cl. The number of halogens is 2. The van der Waals surface area contributed by atoms with E-state index in [9.17, 15) is 9.18 Å². The summed E-state index contributed by atoms with van der Waals surface area (Å²) in [4.78, 5) is 14.3. The van der Waals surface area contributed by atoms with Crippen molar-refractivity contribution < 1.29 is 9.18 Å². The lowest BCUT2D eigenvalue weighted by Crippen LogP contribution is -2.47. The van der Waals surface area contributed by atoms with Gasteiger partial charge in [-0.05, 0) is 38.1 Å². The van der Waals surface area contributed by atoms with Gasteiger partial charge in [0.05, 0.1) is 0 Å². The van der Waals surface area contributed by atoms with Crippen LogP contribution in [0.1, 0.15) is 23.3 Å². The Labute approximate surface area is 140 Å². The van der Waals surface area contributed by atoms with Gasteiger partial charge in [0.2, 0.25) is 0 Å². The predicted octanol–water partition coefficient (Wildman–Crippen LogP) is 2.26. The smallest absolute Gasteiger partial charge is 0.274 e. The molecule has 1 aliphatic rings. The fourth-order valence-corrected chi connectivity index (χ4v) is 2.77. The molecule has 5 nitrogen and oxygen atoms in total. The average molecular weight is 339 g/mol. The summed E-state index contributed by atoms with van der Waals surface area (Å²) in [5, 5.41) is 7.44. The lowest BCUT2D eigenvalue weighted by molar-refractivity contribution is 0.0691. The Balaban J connectivity index is 0.00000192. The van der Waals surface area contributed by atoms with Crippen LogP contribution >= 0.6 is 12.4 Å². The van der Waals surface area contributed by atoms with Crippen LogP contribution in [-0.2, 0) is 0 Å². The highest BCUT2D eigenvalue weighted by Crippen LogP contribution is 2.15. The van der Waals surface area contributed by atoms with Crippen molar-refractivity contribution in [3.05, 3.63) is 48.0 Å². The van der Waals surface area contributed by atoms with Crippen molar-refractivity contribution in [3.8, 4) is 5.69 Å². The number of benzene rings is 1. The van der Waals surface area contributed by atoms with Gasteiger partial charge in [-0.25, -0.2) is 9.07 Å². The first-order chi connectivity index (χ1) is 10.7. The Hall–Kier alpha value is -1.92. The van der Waals surface area contributed by atoms with E-state index in [1.54, 1.807) is 35.4 Å². The Morgan fingerprint density at radius 3 is 2.87 bits per heavy atom. The summed E-state index contributed by atoms with van der Waals surface area (Å²) in [6, 6.07) is 8.34. The molecule has 0 bridgehead atoms. The van der Waals surface area contributed by atoms with E-state index in [1.165, 1.54) is 10.7 Å². The Morgan fingerprint density at radius 1 is 1.35 bits per heavy atom. The van der Waals surface area contributed by atoms with Crippen LogP contribution < -0.4 is 5.32 Å². The number of aromatic nitrogens is 2. The number of likely N-dealkylation sites (N-methyl/N-ethyl adjacent to an activating group) is 1. The van der Waals surface area contributed by atoms with Crippen LogP contribution in [0.5, 0.6) is 0 Å². The highest BCUT2D eigenvalue weighted by Gasteiger charge is 2.25. The fourth-order valence-electron chi connectivity index (χ4n) is 2.77. The van der Waals surface area contributed by atoms with E-state index in [0.29, 0.717) is 24.0 Å². The van der Waals surface area contributed by atoms with E-state index in [2.05, 4.69) is 10.4 Å². The number of carbonyl (C=O) groups excluding carboxylic acids is 1. The number of likely N-dealkylation sites (tertiary alicyclic amines) is 1. The van der Waals surface area contributed by atoms with E-state index >= 15 is 0 Å². The molecule has 124 valence electrons. The van der Waals surface area contributed by atoms with Gasteiger partial charge in [-0.15, -0.1) is 12.4 Å². The third-order valence-electron chi connectivity index (χ3n) is 4.02. The molecule has 1 N–H and O–H groups in total. The maximum atomic E-state index is 13.8. The predicted molar refractivity (Wildman–Crippen MR) is 88.8 cm³/mol. The fraction of sp³-hybridized carbons (Fsp3) is 0.375. The molecule has 7 heteroatoms. The quantitative estimate of drug-likeness (QED) is 0.934. The van der Waals surface area contributed by atoms with E-state index in [1.807, 2.05) is 7.05 Å². The van der Waals surface area contributed by atoms with E-state index in [0.717, 1.165) is 19.4 Å². The first-order valence-electron chi connectivity index (χ1n) is 7.46. The number of nitrogens with zero attached hydrogens (tertiary/aromatic N) is 3. The minimum Gasteiger partial charge on any atom is -0.336 e. The molecule has 23 heavy (non-hydrogen) atoms. The molecule has 1 unspecified atom stereocenters. The summed E-state index contributed by atoms with van der Waals surface area (Å²) in [6.45, 7) is 1.42. The van der Waals surface area contributed by atoms with Crippen molar-refractivity contribution in [2.75, 3.05) is 20.1 Å². The summed E-state index contributed by atoms with van der Waals surface area (Å²) >= 11 is 0. The van der Waals surface area contributed by atoms with Crippen LogP contribution in [0.2, 0.25) is 0 Å². The van der Waals surface area contributed by atoms with Crippen molar-refractivity contribution >= 4 is 18.3 Å². The monoisotopic (exact) mass is 338 g/mol. The zero-order valence-corrected chi connectivity index (χ0v) is 13.7. The molecule has 2 heterocycles. The number of hydrogen-bond acceptors (Lipinski definition) is 3. The Morgan fingerprint density at radius 2 is 2.13 bits per heavy atom. The van der Waals surface area contributed by atoms with Gasteiger partial charge in [-0.1, -0.05) is 12.1 Å². The molecule has 0 radical (unpaired) electrons. The molecule has 0 saturated carbocycles. The summed E-state index contributed by atoms with van der Waals surface area (Å²) in [5.41, 5.74) is 0.688. The summed E-state index contributed by atoms with van der Waals surface area (Å²) in [6.07, 6.45) is 3.67. The lowest BCUT2D eigenvalue weighted by atomic mass is 10.1. The van der Waals surface area contributed by atoms with Crippen LogP contribution in [0.15, 0.2) is 36.5 Å². The van der Waals surface area contributed by atoms with Crippen molar-refractivity contribution in [3.63, 3.8) is 0 Å². The first-order valence-corrected chi connectivity index (χ1v) is 7.46. The second-order valence-electron chi connectivity index (χ2n) is 5.48. The van der Waals surface area contributed by atoms with Crippen LogP contribution in [0, 0.1) is 5.82 Å². The molecule has 2 aromatic rings. The molecule has 1 saturated heterocycles. The third-order valence-corrected chi connectivity index (χ3v) is 4.02. The summed E-state index contributed by atoms with van der Waals surface area (Å²) in [5.74, 6) is -0.465. The van der Waals surface area contributed by atoms with E-state index in [4.69, 9.17) is 0 Å². The van der Waals surface area contributed by atoms with Crippen LogP contribution in [-0.4, -0.2) is 46.8 Å². The van der Waals surface area contributed by atoms with Crippen LogP contribution in [0.25, 0.3) is 5.69 Å². The molecule has 0 spiro atoms. The molecule has 1 aromatic carbocycles. The van der Waals surface area contributed by atoms with Crippen molar-refractivity contribution in [1.29, 1.82) is 0 Å². The highest BCUT2D eigenvalue weighted by molar-refractivity contribution is 5.92. The number of hydrogen-bond donors (Lipinski definition) is 1. The molecule has 0 aliphatic carbocycles. The summed E-state index contributed by atoms with van der Waals surface area (Å²) < 4.78 is 15.2. The van der Waals surface area contributed by atoms with Gasteiger partial charge in [0.1, 0.15) is 11.5 Å². The Kier molecular flexibility index (Phi) is 5.74. The Bertz CT molecular complexity index is 676. The van der Waals surface area contributed by atoms with E-state index in [-0.39, 0.29) is 24.1 Å². The maximum absolute atomic E-state index is 13.8. The van der Waals surface area contributed by atoms with Crippen molar-refractivity contribution in [2.24, 2.45) is 0 Å². The topological polar surface area (TPSA) is 50.2 Å². The zero-order valence-electron chi connectivity index (χ0n) is 12.9. The number of amides is 1. The van der Waals surface area contributed by atoms with Crippen molar-refractivity contribution in [2.45, 2.75) is 18.9 Å². The van der Waals surface area contributed by atoms with Crippen molar-refractivity contribution in [1.82, 2.24) is 20.0 Å². The normalized spacial score (nSPS) is 17.7. The van der Waals surface area contributed by atoms with Gasteiger partial charge in [0.25, 0.3) is 5.91 Å². The second-order valence-corrected chi connectivity index (χ2v) is 5.48. The minimum absolute atomic E-state index is 0. The molecular weight excluding hydrogens is 319 g/mol. The number of rotatable bonds is 3. The van der Waals surface area contributed by atoms with Gasteiger partial charge in [0.15, 0.2) is 5.69 Å². The van der Waals surface area contributed by atoms with Gasteiger partial charge >= 0.3 is 0 Å². The largest absolute Gasteiger partial charge is 0.336 e. The second kappa shape index (κ2) is 7.57. The molecule has 1 amide bonds. The molecule has 3 rings (SSSR count). The van der Waals surface area contributed by atoms with Gasteiger partial charge in [-0.3, -0.25) is 4.79 Å². The van der Waals surface area contributed by atoms with E-state index < -0.39 is 0 Å². The standard InChI is InChI=1S/C16H19FN4O.ClH/c1-18-12-5-4-9-20(11-12)16(22)14-8-10-21(19-14)15-7-3-2-6-13(15)17;/h2-3,6-8,10,12,18H,4-5,9,11H2,1H3;1H. The lowest BCUT2D eigenvalue weighted by Gasteiger charge is -2.32. The highest BCUT2D eigenvalue weighted by atomic mass is 35.5. The number of para-hydroxylation sites is 1. The third kappa shape index (κ3) is 3.71. The molecule has 1 atom stereocenters. The molecule has 1 aromatic heterocycles. The van der Waals surface area contributed by atoms with Gasteiger partial charge in [-0.2, -0.15) is 5.10 Å². The zero-order chi connectivity index (χ0) is 15.5. The number of nitrogens with one attached hydrogen (secondary N) is 1. The summed E-state index contributed by atoms with van der Waals surface area (Å²) in [7, 11) is 1.91. The average Bonchev–Trinajstić information content (AvgIpc) is 3.04. The molecule has 1 aliphatic heterocycles. The maximum Gasteiger partial charge on any atom is 0.274 e.